The van der Waals surface area contributed by atoms with Crippen molar-refractivity contribution in [3.8, 4) is 0 Å². The highest BCUT2D eigenvalue weighted by Crippen LogP contribution is 2.34. The van der Waals surface area contributed by atoms with Gasteiger partial charge in [0.05, 0.1) is 12.2 Å². The average molecular weight is 496 g/mol. The lowest BCUT2D eigenvalue weighted by Gasteiger charge is -2.19. The van der Waals surface area contributed by atoms with E-state index in [9.17, 15) is 4.79 Å². The van der Waals surface area contributed by atoms with Crippen LogP contribution >= 0.6 is 47.8 Å². The lowest BCUT2D eigenvalue weighted by Crippen LogP contribution is -2.29. The van der Waals surface area contributed by atoms with Gasteiger partial charge in [0, 0.05) is 19.1 Å². The third-order valence-corrected chi connectivity index (χ3v) is 5.35. The fraction of sp³-hybridized carbons (Fsp3) is 0.467. The molecule has 0 saturated heterocycles. The standard InChI is InChI=1S/C15H18Br3N3O/c1-9-4-2-3-5-13(9)20-21-14(22)8-19-15-11(17)6-10(16)7-12(15)18/h6-7,9,19H,2-5,8H2,1H3,(H,21,22)/b20-13-/t9-/m0/s1. The van der Waals surface area contributed by atoms with Crippen LogP contribution in [0.15, 0.2) is 30.7 Å². The third-order valence-electron chi connectivity index (χ3n) is 3.65. The van der Waals surface area contributed by atoms with Gasteiger partial charge in [0.1, 0.15) is 0 Å². The Morgan fingerprint density at radius 1 is 1.27 bits per heavy atom. The molecule has 0 spiro atoms. The number of carbonyl (C=O) groups excluding carboxylic acids is 1. The number of halogens is 3. The van der Waals surface area contributed by atoms with Gasteiger partial charge in [-0.25, -0.2) is 5.43 Å². The fourth-order valence-corrected chi connectivity index (χ4v) is 4.93. The van der Waals surface area contributed by atoms with E-state index in [1.165, 1.54) is 6.42 Å². The van der Waals surface area contributed by atoms with Gasteiger partial charge in [0.2, 0.25) is 0 Å². The molecule has 0 radical (unpaired) electrons. The molecule has 1 aromatic carbocycles. The fourth-order valence-electron chi connectivity index (χ4n) is 2.39. The Hall–Kier alpha value is -0.400. The summed E-state index contributed by atoms with van der Waals surface area (Å²) in [5.74, 6) is 0.323. The SMILES string of the molecule is C[C@H]1CCCC/C1=N/NC(=O)CNc1c(Br)cc(Br)cc1Br. The van der Waals surface area contributed by atoms with Crippen molar-refractivity contribution >= 4 is 65.1 Å². The summed E-state index contributed by atoms with van der Waals surface area (Å²) >= 11 is 10.4. The van der Waals surface area contributed by atoms with Crippen molar-refractivity contribution in [2.24, 2.45) is 11.0 Å². The molecule has 1 saturated carbocycles. The second kappa shape index (κ2) is 8.45. The van der Waals surface area contributed by atoms with E-state index in [-0.39, 0.29) is 12.5 Å². The number of carbonyl (C=O) groups is 1. The van der Waals surface area contributed by atoms with Gasteiger partial charge >= 0.3 is 0 Å². The number of hydrogen-bond donors (Lipinski definition) is 2. The average Bonchev–Trinajstić information content (AvgIpc) is 2.45. The zero-order chi connectivity index (χ0) is 16.1. The highest BCUT2D eigenvalue weighted by Gasteiger charge is 2.16. The Balaban J connectivity index is 1.89. The molecule has 1 aromatic rings. The maximum Gasteiger partial charge on any atom is 0.259 e. The Morgan fingerprint density at radius 2 is 1.95 bits per heavy atom. The molecule has 2 rings (SSSR count). The molecule has 0 aliphatic heterocycles. The van der Waals surface area contributed by atoms with E-state index in [1.807, 2.05) is 12.1 Å². The lowest BCUT2D eigenvalue weighted by molar-refractivity contribution is -0.119. The summed E-state index contributed by atoms with van der Waals surface area (Å²) in [6, 6.07) is 3.85. The minimum atomic E-state index is -0.146. The second-order valence-corrected chi connectivity index (χ2v) is 8.01. The van der Waals surface area contributed by atoms with Crippen molar-refractivity contribution in [2.75, 3.05) is 11.9 Å². The van der Waals surface area contributed by atoms with E-state index in [0.29, 0.717) is 5.92 Å². The molecule has 1 atom stereocenters. The number of amides is 1. The van der Waals surface area contributed by atoms with Crippen LogP contribution in [0.1, 0.15) is 32.6 Å². The molecule has 120 valence electrons. The van der Waals surface area contributed by atoms with E-state index in [1.54, 1.807) is 0 Å². The van der Waals surface area contributed by atoms with Crippen LogP contribution in [0.25, 0.3) is 0 Å². The normalized spacial score (nSPS) is 20.0. The lowest BCUT2D eigenvalue weighted by atomic mass is 9.89. The van der Waals surface area contributed by atoms with Crippen molar-refractivity contribution < 1.29 is 4.79 Å². The first-order valence-corrected chi connectivity index (χ1v) is 9.59. The minimum Gasteiger partial charge on any atom is -0.374 e. The largest absolute Gasteiger partial charge is 0.374 e. The number of nitrogens with zero attached hydrogens (tertiary/aromatic N) is 1. The number of hydrazone groups is 1. The molecule has 2 N–H and O–H groups in total. The first-order chi connectivity index (χ1) is 10.5. The van der Waals surface area contributed by atoms with E-state index < -0.39 is 0 Å². The Labute approximate surface area is 155 Å². The maximum absolute atomic E-state index is 11.9. The summed E-state index contributed by atoms with van der Waals surface area (Å²) in [5, 5.41) is 7.39. The molecule has 0 aromatic heterocycles. The van der Waals surface area contributed by atoms with Gasteiger partial charge in [-0.2, -0.15) is 5.10 Å². The van der Waals surface area contributed by atoms with E-state index >= 15 is 0 Å². The van der Waals surface area contributed by atoms with Crippen molar-refractivity contribution in [3.63, 3.8) is 0 Å². The molecule has 0 bridgehead atoms. The molecule has 1 amide bonds. The van der Waals surface area contributed by atoms with Crippen LogP contribution in [-0.4, -0.2) is 18.2 Å². The van der Waals surface area contributed by atoms with Crippen LogP contribution < -0.4 is 10.7 Å². The summed E-state index contributed by atoms with van der Waals surface area (Å²) in [5.41, 5.74) is 4.60. The summed E-state index contributed by atoms with van der Waals surface area (Å²) < 4.78 is 2.72. The van der Waals surface area contributed by atoms with Crippen LogP contribution in [0.4, 0.5) is 5.69 Å². The zero-order valence-electron chi connectivity index (χ0n) is 12.3. The first kappa shape index (κ1) is 17.9. The summed E-state index contributed by atoms with van der Waals surface area (Å²) in [4.78, 5) is 11.9. The number of benzene rings is 1. The molecule has 0 unspecified atom stereocenters. The smallest absolute Gasteiger partial charge is 0.259 e. The topological polar surface area (TPSA) is 53.5 Å². The van der Waals surface area contributed by atoms with Crippen LogP contribution in [0.3, 0.4) is 0 Å². The van der Waals surface area contributed by atoms with Gasteiger partial charge in [-0.15, -0.1) is 0 Å². The van der Waals surface area contributed by atoms with E-state index in [4.69, 9.17) is 0 Å². The minimum absolute atomic E-state index is 0.146. The monoisotopic (exact) mass is 493 g/mol. The molecular weight excluding hydrogens is 478 g/mol. The number of anilines is 1. The number of hydrogen-bond acceptors (Lipinski definition) is 3. The summed E-state index contributed by atoms with van der Waals surface area (Å²) in [7, 11) is 0. The van der Waals surface area contributed by atoms with Gasteiger partial charge in [-0.3, -0.25) is 4.79 Å². The van der Waals surface area contributed by atoms with E-state index in [0.717, 1.165) is 44.1 Å². The quantitative estimate of drug-likeness (QED) is 0.573. The molecular formula is C15H18Br3N3O. The molecule has 1 aliphatic rings. The van der Waals surface area contributed by atoms with E-state index in [2.05, 4.69) is 70.6 Å². The van der Waals surface area contributed by atoms with Crippen molar-refractivity contribution in [1.29, 1.82) is 0 Å². The van der Waals surface area contributed by atoms with Gasteiger partial charge in [-0.05, 0) is 69.2 Å². The van der Waals surface area contributed by atoms with Crippen molar-refractivity contribution in [3.05, 3.63) is 25.6 Å². The van der Waals surface area contributed by atoms with Gasteiger partial charge in [-0.1, -0.05) is 29.3 Å². The zero-order valence-corrected chi connectivity index (χ0v) is 17.0. The van der Waals surface area contributed by atoms with Crippen LogP contribution in [-0.2, 0) is 4.79 Å². The summed E-state index contributed by atoms with van der Waals surface area (Å²) in [6.07, 6.45) is 4.56. The Kier molecular flexibility index (Phi) is 6.89. The number of nitrogens with one attached hydrogen (secondary N) is 2. The Morgan fingerprint density at radius 3 is 2.59 bits per heavy atom. The van der Waals surface area contributed by atoms with Crippen LogP contribution in [0.5, 0.6) is 0 Å². The number of rotatable bonds is 4. The maximum atomic E-state index is 11.9. The molecule has 0 heterocycles. The predicted molar refractivity (Wildman–Crippen MR) is 101 cm³/mol. The van der Waals surface area contributed by atoms with Crippen LogP contribution in [0.2, 0.25) is 0 Å². The highest BCUT2D eigenvalue weighted by molar-refractivity contribution is 9.11. The second-order valence-electron chi connectivity index (χ2n) is 5.38. The first-order valence-electron chi connectivity index (χ1n) is 7.21. The highest BCUT2D eigenvalue weighted by atomic mass is 79.9. The van der Waals surface area contributed by atoms with Crippen LogP contribution in [0, 0.1) is 5.92 Å². The molecule has 1 aliphatic carbocycles. The van der Waals surface area contributed by atoms with Crippen molar-refractivity contribution in [2.45, 2.75) is 32.6 Å². The molecule has 22 heavy (non-hydrogen) atoms. The molecule has 7 heteroatoms. The molecule has 4 nitrogen and oxygen atoms in total. The van der Waals surface area contributed by atoms with Gasteiger partial charge in [0.15, 0.2) is 0 Å². The van der Waals surface area contributed by atoms with Crippen molar-refractivity contribution in [1.82, 2.24) is 5.43 Å². The van der Waals surface area contributed by atoms with Gasteiger partial charge < -0.3 is 5.32 Å². The van der Waals surface area contributed by atoms with Gasteiger partial charge in [0.25, 0.3) is 5.91 Å². The Bertz CT molecular complexity index is 566. The molecule has 1 fully saturated rings. The summed E-state index contributed by atoms with van der Waals surface area (Å²) in [6.45, 7) is 2.34. The predicted octanol–water partition coefficient (Wildman–Crippen LogP) is 5.07. The third kappa shape index (κ3) is 5.06.